The van der Waals surface area contributed by atoms with Crippen LogP contribution in [-0.4, -0.2) is 53.5 Å². The lowest BCUT2D eigenvalue weighted by Gasteiger charge is -2.02. The Morgan fingerprint density at radius 1 is 0.438 bits per heavy atom. The molecular weight excluding hydrogens is 828 g/mol. The summed E-state index contributed by atoms with van der Waals surface area (Å²) >= 11 is 5.31. The number of nitrogens with two attached hydrogens (primary N) is 2. The van der Waals surface area contributed by atoms with Gasteiger partial charge >= 0.3 is 5.97 Å². The van der Waals surface area contributed by atoms with E-state index in [0.717, 1.165) is 69.9 Å². The van der Waals surface area contributed by atoms with E-state index in [0.29, 0.717) is 22.3 Å². The van der Waals surface area contributed by atoms with Crippen molar-refractivity contribution in [2.45, 2.75) is 126 Å². The quantitative estimate of drug-likeness (QED) is 0.0513. The summed E-state index contributed by atoms with van der Waals surface area (Å²) < 4.78 is 0. The van der Waals surface area contributed by atoms with Gasteiger partial charge in [0.1, 0.15) is 0 Å². The standard InChI is InChI=1S/2C10H12N2O.C9H9ClO.C9H10O2.4C2H6.2CH4N2.2CH4/c2*1-7-3-8(2)5-9(4-7)10(13)12-6-11;2*1-6-3-7(2)5-8(4-6)9(10)11;4*1-2;2*2-1-3;;/h2*3-6H,1-2H3,(H2,11,12,13);3-5H,1-2H3;3-5H,1-2H3,(H,10,11);4*1-2H3;2*1H,(H3,2,3);2*1H4. The first-order valence-electron chi connectivity index (χ1n) is 20.1. The van der Waals surface area contributed by atoms with Gasteiger partial charge in [-0.15, -0.1) is 0 Å². The number of rotatable bonds is 6. The van der Waals surface area contributed by atoms with Gasteiger partial charge in [-0.1, -0.05) is 139 Å². The molecule has 0 radical (unpaired) electrons. The van der Waals surface area contributed by atoms with Crippen LogP contribution in [-0.2, 0) is 0 Å². The van der Waals surface area contributed by atoms with Crippen LogP contribution in [0.5, 0.6) is 0 Å². The predicted molar refractivity (Wildman–Crippen MR) is 278 cm³/mol. The van der Waals surface area contributed by atoms with Crippen molar-refractivity contribution >= 4 is 60.0 Å². The highest BCUT2D eigenvalue weighted by Crippen LogP contribution is 2.12. The summed E-state index contributed by atoms with van der Waals surface area (Å²) in [7, 11) is 0. The van der Waals surface area contributed by atoms with Gasteiger partial charge in [0.25, 0.3) is 17.1 Å². The molecule has 4 aromatic carbocycles. The fraction of sp³-hybridized carbons (Fsp3) is 0.360. The third kappa shape index (κ3) is 40.9. The highest BCUT2D eigenvalue weighted by atomic mass is 35.5. The third-order valence-corrected chi connectivity index (χ3v) is 6.51. The van der Waals surface area contributed by atoms with Crippen molar-refractivity contribution in [2.24, 2.45) is 11.5 Å². The average Bonchev–Trinajstić information content (AvgIpc) is 3.21. The largest absolute Gasteiger partial charge is 0.478 e. The van der Waals surface area contributed by atoms with Crippen LogP contribution >= 0.6 is 11.6 Å². The maximum Gasteiger partial charge on any atom is 0.335 e. The van der Waals surface area contributed by atoms with Crippen molar-refractivity contribution < 1.29 is 24.3 Å². The molecule has 0 heterocycles. The number of hydrogen-bond donors (Lipinski definition) is 9. The van der Waals surface area contributed by atoms with E-state index < -0.39 is 11.2 Å². The number of carbonyl (C=O) groups excluding carboxylic acids is 3. The molecule has 0 spiro atoms. The van der Waals surface area contributed by atoms with Gasteiger partial charge in [-0.3, -0.25) is 36.0 Å². The van der Waals surface area contributed by atoms with Gasteiger partial charge in [-0.25, -0.2) is 4.79 Å². The molecule has 0 aliphatic carbocycles. The number of halogens is 1. The highest BCUT2D eigenvalue weighted by molar-refractivity contribution is 6.67. The van der Waals surface area contributed by atoms with Gasteiger partial charge in [0, 0.05) is 16.7 Å². The molecule has 0 aromatic heterocycles. The van der Waals surface area contributed by atoms with Gasteiger partial charge in [-0.2, -0.15) is 0 Å². The molecule has 360 valence electrons. The SMILES string of the molecule is C.C.CC.CC.CC.CC.Cc1cc(C)cc(C(=O)Cl)c1.Cc1cc(C)cc(C(=O)NC=N)c1.Cc1cc(C)cc(C(=O)NC=N)c1.Cc1cc(C)cc(C(=O)O)c1.N=CN.N=CN. The lowest BCUT2D eigenvalue weighted by atomic mass is 10.1. The zero-order chi connectivity index (χ0) is 50.0. The number of nitrogens with one attached hydrogen (secondary N) is 6. The minimum absolute atomic E-state index is 0. The molecule has 0 saturated carbocycles. The van der Waals surface area contributed by atoms with Crippen LogP contribution in [0.2, 0.25) is 0 Å². The van der Waals surface area contributed by atoms with Crippen LogP contribution in [0.3, 0.4) is 0 Å². The predicted octanol–water partition coefficient (Wildman–Crippen LogP) is 12.4. The molecule has 0 unspecified atom stereocenters. The molecule has 4 rings (SSSR count). The Bertz CT molecular complexity index is 1700. The number of benzene rings is 4. The van der Waals surface area contributed by atoms with E-state index in [-0.39, 0.29) is 26.7 Å². The number of carboxylic acids is 1. The van der Waals surface area contributed by atoms with E-state index in [4.69, 9.17) is 38.3 Å². The number of carboxylic acid groups (broad SMARTS) is 1. The molecule has 0 aliphatic heterocycles. The van der Waals surface area contributed by atoms with E-state index in [1.165, 1.54) is 0 Å². The van der Waals surface area contributed by atoms with E-state index in [1.807, 2.05) is 135 Å². The average molecular weight is 912 g/mol. The van der Waals surface area contributed by atoms with E-state index in [2.05, 4.69) is 22.1 Å². The molecule has 0 aliphatic rings. The van der Waals surface area contributed by atoms with Crippen LogP contribution in [0.25, 0.3) is 0 Å². The Hall–Kier alpha value is -6.47. The van der Waals surface area contributed by atoms with E-state index in [1.54, 1.807) is 48.5 Å². The minimum atomic E-state index is -0.864. The Morgan fingerprint density at radius 2 is 0.609 bits per heavy atom. The van der Waals surface area contributed by atoms with Gasteiger partial charge in [0.2, 0.25) is 0 Å². The molecule has 0 saturated heterocycles. The van der Waals surface area contributed by atoms with Gasteiger partial charge in [0.05, 0.1) is 30.9 Å². The van der Waals surface area contributed by atoms with Gasteiger partial charge in [-0.05, 0) is 116 Å². The molecule has 13 nitrogen and oxygen atoms in total. The topological polar surface area (TPSA) is 260 Å². The molecule has 0 bridgehead atoms. The molecule has 2 amide bonds. The van der Waals surface area contributed by atoms with Crippen LogP contribution in [0.4, 0.5) is 0 Å². The van der Waals surface area contributed by atoms with E-state index in [9.17, 15) is 19.2 Å². The van der Waals surface area contributed by atoms with Crippen LogP contribution in [0.1, 0.15) is 156 Å². The second kappa shape index (κ2) is 49.2. The second-order valence-electron chi connectivity index (χ2n) is 11.7. The molecular formula is C50H83ClN8O5. The maximum atomic E-state index is 11.3. The summed E-state index contributed by atoms with van der Waals surface area (Å²) in [6, 6.07) is 22.0. The molecule has 64 heavy (non-hydrogen) atoms. The fourth-order valence-corrected chi connectivity index (χ4v) is 4.80. The first kappa shape index (κ1) is 74.9. The Balaban J connectivity index is -0.0000000985. The van der Waals surface area contributed by atoms with Crippen LogP contribution in [0.15, 0.2) is 72.8 Å². The number of aryl methyl sites for hydroxylation is 8. The Labute approximate surface area is 391 Å². The maximum absolute atomic E-state index is 11.3. The summed E-state index contributed by atoms with van der Waals surface area (Å²) in [5, 5.41) is 38.1. The minimum Gasteiger partial charge on any atom is -0.478 e. The number of aromatic carboxylic acids is 1. The summed E-state index contributed by atoms with van der Waals surface area (Å²) in [5.74, 6) is -1.33. The Kier molecular flexibility index (Phi) is 57.6. The lowest BCUT2D eigenvalue weighted by Crippen LogP contribution is -2.20. The highest BCUT2D eigenvalue weighted by Gasteiger charge is 2.06. The summed E-state index contributed by atoms with van der Waals surface area (Å²) in [6.07, 6.45) is 3.28. The van der Waals surface area contributed by atoms with Crippen molar-refractivity contribution in [3.05, 3.63) is 140 Å². The third-order valence-electron chi connectivity index (χ3n) is 6.29. The number of hydrogen-bond acceptors (Lipinski definition) is 8. The molecule has 0 atom stereocenters. The first-order valence-corrected chi connectivity index (χ1v) is 20.4. The number of carbonyl (C=O) groups is 4. The van der Waals surface area contributed by atoms with Crippen molar-refractivity contribution in [1.82, 2.24) is 10.6 Å². The molecule has 11 N–H and O–H groups in total. The summed E-state index contributed by atoms with van der Waals surface area (Å²) in [4.78, 5) is 43.8. The number of amides is 2. The normalized spacial score (nSPS) is 7.89. The smallest absolute Gasteiger partial charge is 0.335 e. The molecule has 4 aromatic rings. The van der Waals surface area contributed by atoms with Crippen molar-refractivity contribution in [1.29, 1.82) is 21.6 Å². The Morgan fingerprint density at radius 3 is 0.766 bits per heavy atom. The fourth-order valence-electron chi connectivity index (χ4n) is 4.70. The van der Waals surface area contributed by atoms with Crippen molar-refractivity contribution in [3.8, 4) is 0 Å². The molecule has 0 fully saturated rings. The first-order chi connectivity index (χ1) is 29.3. The second-order valence-corrected chi connectivity index (χ2v) is 12.0. The van der Waals surface area contributed by atoms with Crippen LogP contribution in [0, 0.1) is 77.0 Å². The lowest BCUT2D eigenvalue weighted by molar-refractivity contribution is 0.0695. The van der Waals surface area contributed by atoms with Crippen molar-refractivity contribution in [2.75, 3.05) is 0 Å². The zero-order valence-corrected chi connectivity index (χ0v) is 40.6. The van der Waals surface area contributed by atoms with E-state index >= 15 is 0 Å². The van der Waals surface area contributed by atoms with Gasteiger partial charge < -0.3 is 27.2 Å². The van der Waals surface area contributed by atoms with Crippen molar-refractivity contribution in [3.63, 3.8) is 0 Å². The summed E-state index contributed by atoms with van der Waals surface area (Å²) in [5.41, 5.74) is 19.2. The summed E-state index contributed by atoms with van der Waals surface area (Å²) in [6.45, 7) is 31.4. The zero-order valence-electron chi connectivity index (χ0n) is 39.9. The van der Waals surface area contributed by atoms with Gasteiger partial charge in [0.15, 0.2) is 0 Å². The van der Waals surface area contributed by atoms with Crippen LogP contribution < -0.4 is 22.1 Å². The monoisotopic (exact) mass is 911 g/mol. The molecule has 14 heteroatoms.